The van der Waals surface area contributed by atoms with E-state index in [1.54, 1.807) is 0 Å². The highest BCUT2D eigenvalue weighted by Gasteiger charge is 2.06. The first-order valence-corrected chi connectivity index (χ1v) is 6.15. The van der Waals surface area contributed by atoms with E-state index >= 15 is 0 Å². The molecule has 0 bridgehead atoms. The number of aromatic nitrogens is 4. The SMILES string of the molecule is CCn1cc(-c2cc(=S)nc(C(C)C)[nH]2)cn1. The van der Waals surface area contributed by atoms with Gasteiger partial charge in [0, 0.05) is 24.2 Å². The predicted molar refractivity (Wildman–Crippen MR) is 70.4 cm³/mol. The number of nitrogens with zero attached hydrogens (tertiary/aromatic N) is 3. The van der Waals surface area contributed by atoms with Gasteiger partial charge in [-0.15, -0.1) is 0 Å². The second kappa shape index (κ2) is 4.79. The molecule has 0 aliphatic rings. The summed E-state index contributed by atoms with van der Waals surface area (Å²) in [6.45, 7) is 7.10. The molecular formula is C12H16N4S. The number of rotatable bonds is 3. The topological polar surface area (TPSA) is 46.5 Å². The fourth-order valence-corrected chi connectivity index (χ4v) is 1.80. The summed E-state index contributed by atoms with van der Waals surface area (Å²) in [6.07, 6.45) is 3.85. The normalized spacial score (nSPS) is 11.1. The van der Waals surface area contributed by atoms with Gasteiger partial charge in [0.15, 0.2) is 0 Å². The van der Waals surface area contributed by atoms with Crippen LogP contribution in [0.1, 0.15) is 32.5 Å². The monoisotopic (exact) mass is 248 g/mol. The number of H-pyrrole nitrogens is 1. The highest BCUT2D eigenvalue weighted by molar-refractivity contribution is 7.71. The van der Waals surface area contributed by atoms with Crippen molar-refractivity contribution in [3.8, 4) is 11.3 Å². The Morgan fingerprint density at radius 1 is 1.47 bits per heavy atom. The van der Waals surface area contributed by atoms with E-state index in [1.807, 2.05) is 23.1 Å². The van der Waals surface area contributed by atoms with E-state index in [1.165, 1.54) is 0 Å². The molecular weight excluding hydrogens is 232 g/mol. The van der Waals surface area contributed by atoms with Crippen molar-refractivity contribution in [2.75, 3.05) is 0 Å². The minimum absolute atomic E-state index is 0.331. The maximum atomic E-state index is 5.18. The second-order valence-corrected chi connectivity index (χ2v) is 4.68. The summed E-state index contributed by atoms with van der Waals surface area (Å²) in [4.78, 5) is 7.63. The molecule has 4 nitrogen and oxygen atoms in total. The van der Waals surface area contributed by atoms with Gasteiger partial charge in [0.05, 0.1) is 11.9 Å². The zero-order valence-electron chi connectivity index (χ0n) is 10.3. The predicted octanol–water partition coefficient (Wildman–Crippen LogP) is 3.15. The Morgan fingerprint density at radius 3 is 2.82 bits per heavy atom. The number of aromatic amines is 1. The van der Waals surface area contributed by atoms with Crippen molar-refractivity contribution in [1.29, 1.82) is 0 Å². The average Bonchev–Trinajstić information content (AvgIpc) is 2.76. The molecule has 1 N–H and O–H groups in total. The van der Waals surface area contributed by atoms with Gasteiger partial charge in [0.2, 0.25) is 0 Å². The summed E-state index contributed by atoms with van der Waals surface area (Å²) < 4.78 is 2.51. The third-order valence-electron chi connectivity index (χ3n) is 2.58. The summed E-state index contributed by atoms with van der Waals surface area (Å²) in [5.41, 5.74) is 2.02. The summed E-state index contributed by atoms with van der Waals surface area (Å²) in [6, 6.07) is 1.87. The molecule has 2 heterocycles. The van der Waals surface area contributed by atoms with Crippen molar-refractivity contribution in [2.45, 2.75) is 33.2 Å². The smallest absolute Gasteiger partial charge is 0.130 e. The van der Waals surface area contributed by atoms with Crippen LogP contribution in [-0.2, 0) is 6.54 Å². The Balaban J connectivity index is 2.48. The van der Waals surface area contributed by atoms with Gasteiger partial charge in [0.1, 0.15) is 10.5 Å². The summed E-state index contributed by atoms with van der Waals surface area (Å²) in [5, 5.41) is 4.26. The van der Waals surface area contributed by atoms with Crippen LogP contribution in [0.15, 0.2) is 18.5 Å². The van der Waals surface area contributed by atoms with Crippen LogP contribution in [-0.4, -0.2) is 19.7 Å². The second-order valence-electron chi connectivity index (χ2n) is 4.26. The van der Waals surface area contributed by atoms with Crippen LogP contribution in [0, 0.1) is 4.64 Å². The van der Waals surface area contributed by atoms with Crippen molar-refractivity contribution in [3.05, 3.63) is 28.9 Å². The number of aryl methyl sites for hydroxylation is 1. The number of hydrogen-bond acceptors (Lipinski definition) is 3. The van der Waals surface area contributed by atoms with E-state index < -0.39 is 0 Å². The van der Waals surface area contributed by atoms with E-state index in [0.717, 1.165) is 23.6 Å². The largest absolute Gasteiger partial charge is 0.343 e. The van der Waals surface area contributed by atoms with Crippen LogP contribution >= 0.6 is 12.2 Å². The quantitative estimate of drug-likeness (QED) is 0.849. The molecule has 0 fully saturated rings. The first-order chi connectivity index (χ1) is 8.10. The van der Waals surface area contributed by atoms with Crippen LogP contribution in [0.4, 0.5) is 0 Å². The molecule has 0 aliphatic heterocycles. The molecule has 2 aromatic rings. The maximum Gasteiger partial charge on any atom is 0.130 e. The number of hydrogen-bond donors (Lipinski definition) is 1. The van der Waals surface area contributed by atoms with Gasteiger partial charge in [-0.25, -0.2) is 4.98 Å². The summed E-state index contributed by atoms with van der Waals surface area (Å²) >= 11 is 5.18. The van der Waals surface area contributed by atoms with Crippen LogP contribution in [0.25, 0.3) is 11.3 Å². The maximum absolute atomic E-state index is 5.18. The molecule has 0 aliphatic carbocycles. The molecule has 0 amide bonds. The highest BCUT2D eigenvalue weighted by Crippen LogP contribution is 2.18. The third-order valence-corrected chi connectivity index (χ3v) is 2.79. The Kier molecular flexibility index (Phi) is 3.38. The zero-order valence-corrected chi connectivity index (χ0v) is 11.1. The van der Waals surface area contributed by atoms with Gasteiger partial charge >= 0.3 is 0 Å². The van der Waals surface area contributed by atoms with E-state index in [0.29, 0.717) is 10.6 Å². The summed E-state index contributed by atoms with van der Waals surface area (Å²) in [5.74, 6) is 1.25. The van der Waals surface area contributed by atoms with E-state index in [-0.39, 0.29) is 0 Å². The Hall–Kier alpha value is -1.49. The fraction of sp³-hybridized carbons (Fsp3) is 0.417. The lowest BCUT2D eigenvalue weighted by Crippen LogP contribution is -1.99. The van der Waals surface area contributed by atoms with Crippen LogP contribution in [0.5, 0.6) is 0 Å². The van der Waals surface area contributed by atoms with Crippen molar-refractivity contribution >= 4 is 12.2 Å². The lowest BCUT2D eigenvalue weighted by molar-refractivity contribution is 0.660. The minimum Gasteiger partial charge on any atom is -0.343 e. The molecule has 0 saturated carbocycles. The molecule has 17 heavy (non-hydrogen) atoms. The van der Waals surface area contributed by atoms with Crippen LogP contribution in [0.3, 0.4) is 0 Å². The van der Waals surface area contributed by atoms with E-state index in [2.05, 4.69) is 35.8 Å². The molecule has 5 heteroatoms. The molecule has 0 unspecified atom stereocenters. The van der Waals surface area contributed by atoms with E-state index in [9.17, 15) is 0 Å². The number of nitrogens with one attached hydrogen (secondary N) is 1. The lowest BCUT2D eigenvalue weighted by atomic mass is 10.2. The minimum atomic E-state index is 0.331. The highest BCUT2D eigenvalue weighted by atomic mass is 32.1. The lowest BCUT2D eigenvalue weighted by Gasteiger charge is -2.06. The molecule has 0 saturated heterocycles. The van der Waals surface area contributed by atoms with Crippen molar-refractivity contribution in [2.24, 2.45) is 0 Å². The van der Waals surface area contributed by atoms with Crippen molar-refractivity contribution in [3.63, 3.8) is 0 Å². The fourth-order valence-electron chi connectivity index (χ4n) is 1.58. The molecule has 0 spiro atoms. The Morgan fingerprint density at radius 2 is 2.24 bits per heavy atom. The van der Waals surface area contributed by atoms with Gasteiger partial charge in [-0.2, -0.15) is 5.10 Å². The zero-order chi connectivity index (χ0) is 12.4. The standard InChI is InChI=1S/C12H16N4S/c1-4-16-7-9(6-13-16)10-5-11(17)15-12(14-10)8(2)3/h5-8H,4H2,1-3H3,(H,14,15,17). The molecule has 0 radical (unpaired) electrons. The van der Waals surface area contributed by atoms with Gasteiger partial charge < -0.3 is 4.98 Å². The molecule has 0 aromatic carbocycles. The molecule has 90 valence electrons. The first kappa shape index (κ1) is 12.0. The first-order valence-electron chi connectivity index (χ1n) is 5.74. The summed E-state index contributed by atoms with van der Waals surface area (Å²) in [7, 11) is 0. The molecule has 2 rings (SSSR count). The van der Waals surface area contributed by atoms with Gasteiger partial charge in [-0.05, 0) is 13.0 Å². The van der Waals surface area contributed by atoms with E-state index in [4.69, 9.17) is 12.2 Å². The average molecular weight is 248 g/mol. The van der Waals surface area contributed by atoms with Crippen LogP contribution < -0.4 is 0 Å². The Labute approximate surface area is 106 Å². The third kappa shape index (κ3) is 2.61. The molecule has 0 atom stereocenters. The van der Waals surface area contributed by atoms with Gasteiger partial charge in [0.25, 0.3) is 0 Å². The van der Waals surface area contributed by atoms with Gasteiger partial charge in [-0.1, -0.05) is 26.1 Å². The Bertz CT molecular complexity index is 568. The van der Waals surface area contributed by atoms with Crippen molar-refractivity contribution < 1.29 is 0 Å². The molecule has 2 aromatic heterocycles. The van der Waals surface area contributed by atoms with Crippen LogP contribution in [0.2, 0.25) is 0 Å². The van der Waals surface area contributed by atoms with Crippen molar-refractivity contribution in [1.82, 2.24) is 19.7 Å². The van der Waals surface area contributed by atoms with Gasteiger partial charge in [-0.3, -0.25) is 4.68 Å².